The summed E-state index contributed by atoms with van der Waals surface area (Å²) in [6.45, 7) is 4.55. The van der Waals surface area contributed by atoms with Crippen LogP contribution in [0.3, 0.4) is 0 Å². The predicted octanol–water partition coefficient (Wildman–Crippen LogP) is 2.21. The van der Waals surface area contributed by atoms with Gasteiger partial charge in [-0.1, -0.05) is 13.8 Å². The van der Waals surface area contributed by atoms with Crippen molar-refractivity contribution in [3.8, 4) is 0 Å². The lowest BCUT2D eigenvalue weighted by Gasteiger charge is -2.37. The molecule has 0 unspecified atom stereocenters. The number of hydrogen-bond acceptors (Lipinski definition) is 3. The van der Waals surface area contributed by atoms with Crippen molar-refractivity contribution in [2.45, 2.75) is 31.5 Å². The van der Waals surface area contributed by atoms with Crippen LogP contribution < -0.4 is 0 Å². The van der Waals surface area contributed by atoms with Crippen molar-refractivity contribution in [3.63, 3.8) is 0 Å². The first-order valence-electron chi connectivity index (χ1n) is 4.47. The van der Waals surface area contributed by atoms with Crippen molar-refractivity contribution in [2.75, 3.05) is 0 Å². The molecule has 0 aliphatic heterocycles. The highest BCUT2D eigenvalue weighted by molar-refractivity contribution is 6.41. The number of halogens is 2. The molecule has 0 saturated heterocycles. The Morgan fingerprint density at radius 1 is 1.33 bits per heavy atom. The van der Waals surface area contributed by atoms with E-state index in [9.17, 15) is 14.7 Å². The number of Topliss-reactive ketones (excluding diaryl/α,β-unsaturated/α-hetero) is 2. The number of carbonyl (C=O) groups excluding carboxylic acids is 2. The minimum atomic E-state index is -0.894. The molecule has 1 N–H and O–H groups in total. The molecule has 84 valence electrons. The molecule has 1 rings (SSSR count). The Morgan fingerprint density at radius 2 is 1.80 bits per heavy atom. The van der Waals surface area contributed by atoms with Crippen molar-refractivity contribution in [2.24, 2.45) is 5.41 Å². The van der Waals surface area contributed by atoms with E-state index in [1.165, 1.54) is 6.92 Å². The van der Waals surface area contributed by atoms with Gasteiger partial charge in [-0.2, -0.15) is 0 Å². The predicted molar refractivity (Wildman–Crippen MR) is 58.4 cm³/mol. The van der Waals surface area contributed by atoms with Gasteiger partial charge in [-0.3, -0.25) is 9.59 Å². The van der Waals surface area contributed by atoms with Crippen LogP contribution in [0.5, 0.6) is 0 Å². The number of hydrogen-bond donors (Lipinski definition) is 1. The molecule has 0 aromatic carbocycles. The molecular formula is C10H12Cl2O3. The molecule has 15 heavy (non-hydrogen) atoms. The molecule has 0 heterocycles. The second kappa shape index (κ2) is 3.80. The van der Waals surface area contributed by atoms with E-state index in [0.717, 1.165) is 0 Å². The summed E-state index contributed by atoms with van der Waals surface area (Å²) in [4.78, 5) is 22.9. The minimum Gasteiger partial charge on any atom is -0.510 e. The zero-order valence-electron chi connectivity index (χ0n) is 8.67. The maximum atomic E-state index is 11.7. The van der Waals surface area contributed by atoms with Crippen LogP contribution in [-0.4, -0.2) is 27.4 Å². The van der Waals surface area contributed by atoms with Gasteiger partial charge in [-0.15, -0.1) is 23.2 Å². The van der Waals surface area contributed by atoms with Gasteiger partial charge in [0, 0.05) is 5.41 Å². The SMILES string of the molecule is CC(=O)C1=C(O)[C@@H](Cl)C(C)(C)[C@@H](Cl)C1=O. The smallest absolute Gasteiger partial charge is 0.188 e. The van der Waals surface area contributed by atoms with E-state index in [1.807, 2.05) is 0 Å². The highest BCUT2D eigenvalue weighted by Gasteiger charge is 2.49. The average Bonchev–Trinajstić information content (AvgIpc) is 2.12. The molecule has 5 heteroatoms. The van der Waals surface area contributed by atoms with Crippen LogP contribution in [0.15, 0.2) is 11.3 Å². The van der Waals surface area contributed by atoms with Gasteiger partial charge in [0.15, 0.2) is 11.6 Å². The van der Waals surface area contributed by atoms with Gasteiger partial charge in [0.2, 0.25) is 0 Å². The third-order valence-electron chi connectivity index (χ3n) is 2.63. The summed E-state index contributed by atoms with van der Waals surface area (Å²) in [5.41, 5.74) is -1.04. The number of carbonyl (C=O) groups is 2. The Morgan fingerprint density at radius 3 is 2.20 bits per heavy atom. The highest BCUT2D eigenvalue weighted by atomic mass is 35.5. The van der Waals surface area contributed by atoms with Crippen LogP contribution in [0, 0.1) is 5.41 Å². The number of rotatable bonds is 1. The maximum absolute atomic E-state index is 11.7. The van der Waals surface area contributed by atoms with Gasteiger partial charge < -0.3 is 5.11 Å². The Bertz CT molecular complexity index is 358. The third kappa shape index (κ3) is 1.79. The normalized spacial score (nSPS) is 30.6. The standard InChI is InChI=1S/C10H12Cl2O3/c1-4(13)5-6(14)8(11)10(2,3)9(12)7(5)15/h8-9,14H,1-3H3/t8-,9+/m1/s1. The molecule has 0 aromatic rings. The zero-order valence-corrected chi connectivity index (χ0v) is 10.2. The Kier molecular flexibility index (Phi) is 3.17. The number of ketones is 2. The second-order valence-corrected chi connectivity index (χ2v) is 5.10. The molecule has 0 saturated carbocycles. The lowest BCUT2D eigenvalue weighted by Crippen LogP contribution is -2.46. The molecule has 3 nitrogen and oxygen atoms in total. The van der Waals surface area contributed by atoms with Crippen LogP contribution >= 0.6 is 23.2 Å². The average molecular weight is 251 g/mol. The van der Waals surface area contributed by atoms with Crippen LogP contribution in [0.2, 0.25) is 0 Å². The largest absolute Gasteiger partial charge is 0.510 e. The maximum Gasteiger partial charge on any atom is 0.188 e. The first kappa shape index (κ1) is 12.5. The van der Waals surface area contributed by atoms with E-state index in [4.69, 9.17) is 23.2 Å². The Balaban J connectivity index is 3.36. The number of allylic oxidation sites excluding steroid dienone is 2. The van der Waals surface area contributed by atoms with Crippen LogP contribution in [0.25, 0.3) is 0 Å². The molecule has 0 fully saturated rings. The summed E-state index contributed by atoms with van der Waals surface area (Å²) < 4.78 is 0. The van der Waals surface area contributed by atoms with Crippen molar-refractivity contribution < 1.29 is 14.7 Å². The third-order valence-corrected chi connectivity index (χ3v) is 4.16. The molecule has 0 radical (unpaired) electrons. The lowest BCUT2D eigenvalue weighted by molar-refractivity contribution is -0.122. The molecule has 0 amide bonds. The van der Waals surface area contributed by atoms with E-state index in [2.05, 4.69) is 0 Å². The molecule has 0 spiro atoms. The lowest BCUT2D eigenvalue weighted by atomic mass is 9.75. The summed E-state index contributed by atoms with van der Waals surface area (Å²) in [7, 11) is 0. The van der Waals surface area contributed by atoms with Crippen molar-refractivity contribution in [1.82, 2.24) is 0 Å². The van der Waals surface area contributed by atoms with Crippen molar-refractivity contribution >= 4 is 34.8 Å². The number of aliphatic hydroxyl groups excluding tert-OH is 1. The Hall–Kier alpha value is -0.540. The first-order chi connectivity index (χ1) is 6.71. The van der Waals surface area contributed by atoms with Gasteiger partial charge in [0.1, 0.15) is 16.7 Å². The summed E-state index contributed by atoms with van der Waals surface area (Å²) in [5, 5.41) is 7.96. The van der Waals surface area contributed by atoms with Crippen LogP contribution in [0.4, 0.5) is 0 Å². The second-order valence-electron chi connectivity index (χ2n) is 4.23. The topological polar surface area (TPSA) is 54.4 Å². The quantitative estimate of drug-likeness (QED) is 0.574. The summed E-state index contributed by atoms with van der Waals surface area (Å²) in [6.07, 6.45) is 0. The first-order valence-corrected chi connectivity index (χ1v) is 5.35. The monoisotopic (exact) mass is 250 g/mol. The fourth-order valence-corrected chi connectivity index (χ4v) is 2.09. The summed E-state index contributed by atoms with van der Waals surface area (Å²) in [6, 6.07) is 0. The molecular weight excluding hydrogens is 239 g/mol. The van der Waals surface area contributed by atoms with Gasteiger partial charge in [0.05, 0.1) is 5.38 Å². The summed E-state index contributed by atoms with van der Waals surface area (Å²) >= 11 is 11.9. The fraction of sp³-hybridized carbons (Fsp3) is 0.600. The van der Waals surface area contributed by atoms with Gasteiger partial charge in [-0.05, 0) is 6.92 Å². The number of aliphatic hydroxyl groups is 1. The van der Waals surface area contributed by atoms with Crippen LogP contribution in [-0.2, 0) is 9.59 Å². The zero-order chi connectivity index (χ0) is 12.0. The molecule has 1 aliphatic rings. The van der Waals surface area contributed by atoms with Gasteiger partial charge >= 0.3 is 0 Å². The van der Waals surface area contributed by atoms with E-state index < -0.39 is 27.7 Å². The molecule has 1 aliphatic carbocycles. The van der Waals surface area contributed by atoms with Crippen molar-refractivity contribution in [3.05, 3.63) is 11.3 Å². The summed E-state index contributed by atoms with van der Waals surface area (Å²) in [5.74, 6) is -1.43. The van der Waals surface area contributed by atoms with Gasteiger partial charge in [-0.25, -0.2) is 0 Å². The van der Waals surface area contributed by atoms with E-state index in [1.54, 1.807) is 13.8 Å². The van der Waals surface area contributed by atoms with E-state index >= 15 is 0 Å². The molecule has 2 atom stereocenters. The Labute approximate surface area is 98.1 Å². The molecule has 0 aromatic heterocycles. The van der Waals surface area contributed by atoms with E-state index in [-0.39, 0.29) is 11.3 Å². The van der Waals surface area contributed by atoms with Gasteiger partial charge in [0.25, 0.3) is 0 Å². The minimum absolute atomic E-state index is 0.269. The molecule has 0 bridgehead atoms. The highest BCUT2D eigenvalue weighted by Crippen LogP contribution is 2.42. The van der Waals surface area contributed by atoms with E-state index in [0.29, 0.717) is 0 Å². The fourth-order valence-electron chi connectivity index (χ4n) is 1.55. The number of alkyl halides is 2. The van der Waals surface area contributed by atoms with Crippen molar-refractivity contribution in [1.29, 1.82) is 0 Å². The van der Waals surface area contributed by atoms with Crippen LogP contribution in [0.1, 0.15) is 20.8 Å².